The van der Waals surface area contributed by atoms with Gasteiger partial charge in [-0.2, -0.15) is 0 Å². The maximum Gasteiger partial charge on any atom is 0.407 e. The second-order valence-electron chi connectivity index (χ2n) is 3.71. The molecule has 1 unspecified atom stereocenters. The van der Waals surface area contributed by atoms with Crippen molar-refractivity contribution in [3.05, 3.63) is 17.5 Å². The van der Waals surface area contributed by atoms with Crippen LogP contribution in [0.2, 0.25) is 0 Å². The normalized spacial score (nSPS) is 11.7. The first-order valence-corrected chi connectivity index (χ1v) is 5.63. The minimum absolute atomic E-state index is 0.235. The van der Waals surface area contributed by atoms with Crippen LogP contribution in [0, 0.1) is 0 Å². The van der Waals surface area contributed by atoms with E-state index in [0.717, 1.165) is 12.1 Å². The summed E-state index contributed by atoms with van der Waals surface area (Å²) < 4.78 is 9.40. The molecule has 7 nitrogen and oxygen atoms in total. The van der Waals surface area contributed by atoms with Crippen LogP contribution in [0.5, 0.6) is 0 Å². The SMILES string of the molecule is CCc1cc(CNC(=O)C(C)NC(=O)OC)on1. The summed E-state index contributed by atoms with van der Waals surface area (Å²) in [6.07, 6.45) is 0.128. The molecule has 1 aromatic rings. The van der Waals surface area contributed by atoms with Crippen LogP contribution < -0.4 is 10.6 Å². The summed E-state index contributed by atoms with van der Waals surface area (Å²) >= 11 is 0. The molecule has 0 saturated heterocycles. The number of amides is 2. The van der Waals surface area contributed by atoms with Crippen molar-refractivity contribution >= 4 is 12.0 Å². The highest BCUT2D eigenvalue weighted by atomic mass is 16.5. The van der Waals surface area contributed by atoms with Crippen LogP contribution in [0.1, 0.15) is 25.3 Å². The molecule has 0 bridgehead atoms. The third kappa shape index (κ3) is 4.08. The standard InChI is InChI=1S/C11H17N3O4/c1-4-8-5-9(18-14-8)6-12-10(15)7(2)13-11(16)17-3/h5,7H,4,6H2,1-3H3,(H,12,15)(H,13,16). The molecule has 7 heteroatoms. The van der Waals surface area contributed by atoms with Crippen LogP contribution in [0.15, 0.2) is 10.6 Å². The Morgan fingerprint density at radius 2 is 2.28 bits per heavy atom. The number of rotatable bonds is 5. The zero-order valence-corrected chi connectivity index (χ0v) is 10.6. The minimum atomic E-state index is -0.675. The van der Waals surface area contributed by atoms with Crippen molar-refractivity contribution in [2.45, 2.75) is 32.9 Å². The minimum Gasteiger partial charge on any atom is -0.453 e. The molecule has 0 saturated carbocycles. The Balaban J connectivity index is 2.38. The zero-order valence-electron chi connectivity index (χ0n) is 10.6. The average molecular weight is 255 g/mol. The molecule has 0 spiro atoms. The average Bonchev–Trinajstić information content (AvgIpc) is 2.83. The number of nitrogens with zero attached hydrogens (tertiary/aromatic N) is 1. The van der Waals surface area contributed by atoms with Crippen LogP contribution in [0.4, 0.5) is 4.79 Å². The van der Waals surface area contributed by atoms with Crippen molar-refractivity contribution in [3.63, 3.8) is 0 Å². The van der Waals surface area contributed by atoms with Gasteiger partial charge in [-0.1, -0.05) is 12.1 Å². The molecule has 0 fully saturated rings. The lowest BCUT2D eigenvalue weighted by molar-refractivity contribution is -0.122. The summed E-state index contributed by atoms with van der Waals surface area (Å²) in [5.41, 5.74) is 0.833. The highest BCUT2D eigenvalue weighted by Gasteiger charge is 2.15. The van der Waals surface area contributed by atoms with Crippen LogP contribution in [-0.2, 0) is 22.5 Å². The monoisotopic (exact) mass is 255 g/mol. The van der Waals surface area contributed by atoms with Gasteiger partial charge in [0.15, 0.2) is 5.76 Å². The number of methoxy groups -OCH3 is 1. The van der Waals surface area contributed by atoms with Crippen molar-refractivity contribution in [2.75, 3.05) is 7.11 Å². The lowest BCUT2D eigenvalue weighted by atomic mass is 10.3. The number of hydrogen-bond acceptors (Lipinski definition) is 5. The number of hydrogen-bond donors (Lipinski definition) is 2. The van der Waals surface area contributed by atoms with E-state index in [1.54, 1.807) is 13.0 Å². The van der Waals surface area contributed by atoms with Gasteiger partial charge in [0.1, 0.15) is 6.04 Å². The van der Waals surface area contributed by atoms with Gasteiger partial charge in [0, 0.05) is 6.07 Å². The molecule has 100 valence electrons. The predicted molar refractivity (Wildman–Crippen MR) is 62.7 cm³/mol. The van der Waals surface area contributed by atoms with Crippen LogP contribution >= 0.6 is 0 Å². The number of ether oxygens (including phenoxy) is 1. The number of aromatic nitrogens is 1. The quantitative estimate of drug-likeness (QED) is 0.803. The highest BCUT2D eigenvalue weighted by Crippen LogP contribution is 2.03. The summed E-state index contributed by atoms with van der Waals surface area (Å²) in [5.74, 6) is 0.250. The van der Waals surface area contributed by atoms with Crippen molar-refractivity contribution < 1.29 is 18.8 Å². The number of nitrogens with one attached hydrogen (secondary N) is 2. The lowest BCUT2D eigenvalue weighted by Gasteiger charge is -2.12. The molecule has 1 atom stereocenters. The van der Waals surface area contributed by atoms with Gasteiger partial charge < -0.3 is 19.9 Å². The van der Waals surface area contributed by atoms with E-state index >= 15 is 0 Å². The van der Waals surface area contributed by atoms with Gasteiger partial charge in [-0.3, -0.25) is 4.79 Å². The van der Waals surface area contributed by atoms with Crippen LogP contribution in [0.3, 0.4) is 0 Å². The molecule has 18 heavy (non-hydrogen) atoms. The molecule has 2 amide bonds. The third-order valence-electron chi connectivity index (χ3n) is 2.32. The number of aryl methyl sites for hydroxylation is 1. The fourth-order valence-electron chi connectivity index (χ4n) is 1.23. The molecule has 0 aliphatic heterocycles. The van der Waals surface area contributed by atoms with Gasteiger partial charge in [-0.15, -0.1) is 0 Å². The first-order valence-electron chi connectivity index (χ1n) is 5.63. The molecule has 1 aromatic heterocycles. The fraction of sp³-hybridized carbons (Fsp3) is 0.545. The number of carbonyl (C=O) groups excluding carboxylic acids is 2. The molecule has 0 aliphatic rings. The smallest absolute Gasteiger partial charge is 0.407 e. The summed E-state index contributed by atoms with van der Waals surface area (Å²) in [5, 5.41) is 8.79. The maximum absolute atomic E-state index is 11.6. The fourth-order valence-corrected chi connectivity index (χ4v) is 1.23. The van der Waals surface area contributed by atoms with Crippen molar-refractivity contribution in [1.29, 1.82) is 0 Å². The van der Waals surface area contributed by atoms with Crippen molar-refractivity contribution in [2.24, 2.45) is 0 Å². The van der Waals surface area contributed by atoms with E-state index in [-0.39, 0.29) is 12.5 Å². The molecule has 0 radical (unpaired) electrons. The third-order valence-corrected chi connectivity index (χ3v) is 2.32. The van der Waals surface area contributed by atoms with Crippen molar-refractivity contribution in [1.82, 2.24) is 15.8 Å². The largest absolute Gasteiger partial charge is 0.453 e. The van der Waals surface area contributed by atoms with Crippen LogP contribution in [-0.4, -0.2) is 30.3 Å². The van der Waals surface area contributed by atoms with Gasteiger partial charge in [-0.05, 0) is 13.3 Å². The Labute approximate surface area is 105 Å². The van der Waals surface area contributed by atoms with E-state index in [1.165, 1.54) is 7.11 Å². The highest BCUT2D eigenvalue weighted by molar-refractivity contribution is 5.85. The Morgan fingerprint density at radius 1 is 1.56 bits per heavy atom. The maximum atomic E-state index is 11.6. The summed E-state index contributed by atoms with van der Waals surface area (Å²) in [6.45, 7) is 3.76. The Hall–Kier alpha value is -2.05. The molecule has 0 aromatic carbocycles. The Kier molecular flexibility index (Phi) is 5.16. The number of carbonyl (C=O) groups is 2. The molecule has 0 aliphatic carbocycles. The van der Waals surface area contributed by atoms with E-state index in [2.05, 4.69) is 20.5 Å². The molecule has 1 heterocycles. The Bertz CT molecular complexity index is 416. The van der Waals surface area contributed by atoms with E-state index in [0.29, 0.717) is 5.76 Å². The molecular formula is C11H17N3O4. The molecular weight excluding hydrogens is 238 g/mol. The van der Waals surface area contributed by atoms with E-state index in [1.807, 2.05) is 6.92 Å². The summed E-state index contributed by atoms with van der Waals surface area (Å²) in [4.78, 5) is 22.5. The predicted octanol–water partition coefficient (Wildman–Crippen LogP) is 0.598. The van der Waals surface area contributed by atoms with E-state index < -0.39 is 12.1 Å². The van der Waals surface area contributed by atoms with Gasteiger partial charge in [0.05, 0.1) is 19.3 Å². The molecule has 2 N–H and O–H groups in total. The van der Waals surface area contributed by atoms with E-state index in [4.69, 9.17) is 4.52 Å². The van der Waals surface area contributed by atoms with Crippen molar-refractivity contribution in [3.8, 4) is 0 Å². The summed E-state index contributed by atoms with van der Waals surface area (Å²) in [7, 11) is 1.24. The summed E-state index contributed by atoms with van der Waals surface area (Å²) in [6, 6.07) is 1.10. The van der Waals surface area contributed by atoms with Gasteiger partial charge in [0.2, 0.25) is 5.91 Å². The topological polar surface area (TPSA) is 93.5 Å². The zero-order chi connectivity index (χ0) is 13.5. The Morgan fingerprint density at radius 3 is 2.83 bits per heavy atom. The molecule has 1 rings (SSSR count). The lowest BCUT2D eigenvalue weighted by Crippen LogP contribution is -2.44. The van der Waals surface area contributed by atoms with Gasteiger partial charge in [-0.25, -0.2) is 4.79 Å². The first-order chi connectivity index (χ1) is 8.56. The van der Waals surface area contributed by atoms with Crippen LogP contribution in [0.25, 0.3) is 0 Å². The van der Waals surface area contributed by atoms with E-state index in [9.17, 15) is 9.59 Å². The van der Waals surface area contributed by atoms with Gasteiger partial charge in [0.25, 0.3) is 0 Å². The second-order valence-corrected chi connectivity index (χ2v) is 3.71. The first kappa shape index (κ1) is 14.0. The second kappa shape index (κ2) is 6.63. The van der Waals surface area contributed by atoms with Gasteiger partial charge >= 0.3 is 6.09 Å². The number of alkyl carbamates (subject to hydrolysis) is 1.